The topological polar surface area (TPSA) is 46.5 Å². The van der Waals surface area contributed by atoms with Gasteiger partial charge in [0, 0.05) is 11.1 Å². The Morgan fingerprint density at radius 3 is 2.46 bits per heavy atom. The molecule has 0 atom stereocenters. The Kier molecular flexibility index (Phi) is 4.21. The molecule has 0 aromatic heterocycles. The molecule has 0 amide bonds. The Balaban J connectivity index is 2.30. The second-order valence-electron chi connectivity index (χ2n) is 5.64. The number of carboxylic acids is 1. The summed E-state index contributed by atoms with van der Waals surface area (Å²) >= 11 is 0. The fourth-order valence-corrected chi connectivity index (χ4v) is 3.16. The van der Waals surface area contributed by atoms with Crippen molar-refractivity contribution in [2.45, 2.75) is 13.3 Å². The van der Waals surface area contributed by atoms with Crippen molar-refractivity contribution in [3.8, 4) is 0 Å². The number of carbonyl (C=O) groups is 1. The number of carboxylic acid groups (broad SMARTS) is 1. The molecule has 0 spiro atoms. The van der Waals surface area contributed by atoms with Crippen LogP contribution >= 0.6 is 0 Å². The molecular formula is C20H17FO3. The zero-order chi connectivity index (χ0) is 17.3. The summed E-state index contributed by atoms with van der Waals surface area (Å²) in [5.74, 6) is -0.676. The van der Waals surface area contributed by atoms with Gasteiger partial charge in [-0.3, -0.25) is 4.79 Å². The number of ether oxygens (including phenoxy) is 1. The Labute approximate surface area is 139 Å². The van der Waals surface area contributed by atoms with E-state index < -0.39 is 5.97 Å². The third-order valence-corrected chi connectivity index (χ3v) is 4.20. The van der Waals surface area contributed by atoms with E-state index in [-0.39, 0.29) is 12.2 Å². The summed E-state index contributed by atoms with van der Waals surface area (Å²) in [6.45, 7) is 1.85. The molecule has 4 heteroatoms. The molecule has 0 saturated carbocycles. The molecule has 1 N–H and O–H groups in total. The lowest BCUT2D eigenvalue weighted by Gasteiger charge is -2.13. The van der Waals surface area contributed by atoms with Crippen molar-refractivity contribution >= 4 is 22.9 Å². The average molecular weight is 324 g/mol. The first-order valence-corrected chi connectivity index (χ1v) is 7.58. The van der Waals surface area contributed by atoms with E-state index in [0.717, 1.165) is 22.3 Å². The van der Waals surface area contributed by atoms with Gasteiger partial charge in [-0.05, 0) is 41.3 Å². The highest BCUT2D eigenvalue weighted by Gasteiger charge is 2.29. The van der Waals surface area contributed by atoms with Gasteiger partial charge in [0.2, 0.25) is 0 Å². The van der Waals surface area contributed by atoms with Gasteiger partial charge in [0.1, 0.15) is 11.6 Å². The van der Waals surface area contributed by atoms with Gasteiger partial charge in [-0.1, -0.05) is 36.4 Å². The molecule has 0 fully saturated rings. The Hall–Kier alpha value is -2.88. The minimum absolute atomic E-state index is 0.155. The smallest absolute Gasteiger partial charge is 0.307 e. The van der Waals surface area contributed by atoms with E-state index in [1.807, 2.05) is 37.3 Å². The monoisotopic (exact) mass is 324 g/mol. The zero-order valence-corrected chi connectivity index (χ0v) is 13.5. The van der Waals surface area contributed by atoms with E-state index in [2.05, 4.69) is 0 Å². The van der Waals surface area contributed by atoms with Crippen molar-refractivity contribution in [1.82, 2.24) is 0 Å². The summed E-state index contributed by atoms with van der Waals surface area (Å²) in [7, 11) is 1.58. The number of hydrogen-bond donors (Lipinski definition) is 1. The standard InChI is InChI=1S/C20H17FO3/c1-12-16(11-18(22)23)17-10-14(21)8-9-15(17)19(12)20(24-2)13-6-4-3-5-7-13/h3-10H,11H2,1-2H3,(H,22,23). The molecule has 1 aliphatic carbocycles. The quantitative estimate of drug-likeness (QED) is 0.836. The Morgan fingerprint density at radius 1 is 1.12 bits per heavy atom. The first kappa shape index (κ1) is 16.0. The zero-order valence-electron chi connectivity index (χ0n) is 13.5. The second kappa shape index (κ2) is 6.32. The van der Waals surface area contributed by atoms with Gasteiger partial charge >= 0.3 is 5.97 Å². The predicted octanol–water partition coefficient (Wildman–Crippen LogP) is 4.60. The SMILES string of the molecule is COC(=C1C(C)=C(CC(=O)O)c2cc(F)ccc21)c1ccccc1. The summed E-state index contributed by atoms with van der Waals surface area (Å²) < 4.78 is 19.4. The maximum Gasteiger partial charge on any atom is 0.307 e. The van der Waals surface area contributed by atoms with Crippen LogP contribution in [0.2, 0.25) is 0 Å². The maximum atomic E-state index is 13.7. The van der Waals surface area contributed by atoms with Crippen LogP contribution in [0.3, 0.4) is 0 Å². The number of allylic oxidation sites excluding steroid dienone is 2. The second-order valence-corrected chi connectivity index (χ2v) is 5.64. The summed E-state index contributed by atoms with van der Waals surface area (Å²) in [6.07, 6.45) is -0.155. The van der Waals surface area contributed by atoms with Crippen LogP contribution in [-0.4, -0.2) is 18.2 Å². The normalized spacial score (nSPS) is 15.3. The lowest BCUT2D eigenvalue weighted by Crippen LogP contribution is -1.97. The molecule has 0 unspecified atom stereocenters. The van der Waals surface area contributed by atoms with Crippen LogP contribution in [0, 0.1) is 5.82 Å². The molecule has 24 heavy (non-hydrogen) atoms. The molecule has 0 aliphatic heterocycles. The van der Waals surface area contributed by atoms with E-state index in [0.29, 0.717) is 16.9 Å². The third-order valence-electron chi connectivity index (χ3n) is 4.20. The van der Waals surface area contributed by atoms with Crippen molar-refractivity contribution in [3.63, 3.8) is 0 Å². The molecule has 3 nitrogen and oxygen atoms in total. The van der Waals surface area contributed by atoms with Crippen LogP contribution in [0.4, 0.5) is 4.39 Å². The van der Waals surface area contributed by atoms with Gasteiger partial charge < -0.3 is 9.84 Å². The number of aliphatic carboxylic acids is 1. The fraction of sp³-hybridized carbons (Fsp3) is 0.150. The Bertz CT molecular complexity index is 864. The lowest BCUT2D eigenvalue weighted by molar-refractivity contribution is -0.135. The summed E-state index contributed by atoms with van der Waals surface area (Å²) in [6, 6.07) is 14.0. The minimum atomic E-state index is -0.945. The molecule has 1 aliphatic rings. The third kappa shape index (κ3) is 2.71. The summed E-state index contributed by atoms with van der Waals surface area (Å²) in [4.78, 5) is 11.2. The van der Waals surface area contributed by atoms with E-state index in [1.165, 1.54) is 12.1 Å². The first-order valence-electron chi connectivity index (χ1n) is 7.58. The van der Waals surface area contributed by atoms with E-state index in [1.54, 1.807) is 13.2 Å². The number of rotatable bonds is 4. The maximum absolute atomic E-state index is 13.7. The molecule has 2 aromatic carbocycles. The highest BCUT2D eigenvalue weighted by atomic mass is 19.1. The molecule has 3 rings (SSSR count). The van der Waals surface area contributed by atoms with Crippen LogP contribution in [0.15, 0.2) is 54.1 Å². The molecule has 0 heterocycles. The highest BCUT2D eigenvalue weighted by molar-refractivity contribution is 6.09. The molecular weight excluding hydrogens is 307 g/mol. The van der Waals surface area contributed by atoms with Crippen molar-refractivity contribution in [2.24, 2.45) is 0 Å². The highest BCUT2D eigenvalue weighted by Crippen LogP contribution is 2.46. The van der Waals surface area contributed by atoms with Gasteiger partial charge in [-0.25, -0.2) is 4.39 Å². The van der Waals surface area contributed by atoms with Crippen LogP contribution in [-0.2, 0) is 9.53 Å². The number of fused-ring (bicyclic) bond motifs is 1. The molecule has 0 bridgehead atoms. The van der Waals surface area contributed by atoms with Gasteiger partial charge in [-0.2, -0.15) is 0 Å². The predicted molar refractivity (Wildman–Crippen MR) is 91.5 cm³/mol. The molecule has 2 aromatic rings. The van der Waals surface area contributed by atoms with E-state index in [4.69, 9.17) is 4.74 Å². The first-order chi connectivity index (χ1) is 11.5. The van der Waals surface area contributed by atoms with Crippen molar-refractivity contribution in [1.29, 1.82) is 0 Å². The van der Waals surface area contributed by atoms with Gasteiger partial charge in [0.05, 0.1) is 13.5 Å². The number of hydrogen-bond acceptors (Lipinski definition) is 2. The van der Waals surface area contributed by atoms with Gasteiger partial charge in [-0.15, -0.1) is 0 Å². The average Bonchev–Trinajstić information content (AvgIpc) is 2.82. The van der Waals surface area contributed by atoms with E-state index in [9.17, 15) is 14.3 Å². The van der Waals surface area contributed by atoms with Crippen molar-refractivity contribution in [3.05, 3.63) is 76.6 Å². The minimum Gasteiger partial charge on any atom is -0.495 e. The lowest BCUT2D eigenvalue weighted by atomic mass is 9.99. The van der Waals surface area contributed by atoms with Gasteiger partial charge in [0.25, 0.3) is 0 Å². The Morgan fingerprint density at radius 2 is 1.83 bits per heavy atom. The molecule has 0 saturated heterocycles. The van der Waals surface area contributed by atoms with Crippen molar-refractivity contribution < 1.29 is 19.0 Å². The van der Waals surface area contributed by atoms with E-state index >= 15 is 0 Å². The number of methoxy groups -OCH3 is 1. The molecule has 122 valence electrons. The van der Waals surface area contributed by atoms with Crippen LogP contribution in [0.5, 0.6) is 0 Å². The number of benzene rings is 2. The summed E-state index contributed by atoms with van der Waals surface area (Å²) in [5.41, 5.74) is 4.55. The van der Waals surface area contributed by atoms with Crippen LogP contribution in [0.25, 0.3) is 16.9 Å². The van der Waals surface area contributed by atoms with Gasteiger partial charge in [0.15, 0.2) is 0 Å². The summed E-state index contributed by atoms with van der Waals surface area (Å²) in [5, 5.41) is 9.21. The largest absolute Gasteiger partial charge is 0.495 e. The fourth-order valence-electron chi connectivity index (χ4n) is 3.16. The number of halogens is 1. The van der Waals surface area contributed by atoms with Crippen LogP contribution < -0.4 is 0 Å². The molecule has 0 radical (unpaired) electrons. The van der Waals surface area contributed by atoms with Crippen LogP contribution in [0.1, 0.15) is 30.0 Å². The van der Waals surface area contributed by atoms with Crippen molar-refractivity contribution in [2.75, 3.05) is 7.11 Å².